The van der Waals surface area contributed by atoms with Crippen LogP contribution in [0.1, 0.15) is 45.4 Å². The summed E-state index contributed by atoms with van der Waals surface area (Å²) in [7, 11) is 0. The zero-order valence-corrected chi connectivity index (χ0v) is 11.3. The van der Waals surface area contributed by atoms with Gasteiger partial charge in [0.1, 0.15) is 0 Å². The van der Waals surface area contributed by atoms with Crippen LogP contribution in [0.3, 0.4) is 0 Å². The topological polar surface area (TPSA) is 55.1 Å². The SMILES string of the molecule is CCCCCCCCNC(=O)C(N)C[Se]. The van der Waals surface area contributed by atoms with Gasteiger partial charge >= 0.3 is 101 Å². The summed E-state index contributed by atoms with van der Waals surface area (Å²) in [5.41, 5.74) is 5.55. The van der Waals surface area contributed by atoms with Gasteiger partial charge in [0.05, 0.1) is 0 Å². The van der Waals surface area contributed by atoms with Crippen molar-refractivity contribution in [1.82, 2.24) is 5.32 Å². The van der Waals surface area contributed by atoms with E-state index in [1.165, 1.54) is 32.1 Å². The van der Waals surface area contributed by atoms with Crippen molar-refractivity contribution in [3.8, 4) is 0 Å². The molecular formula is C11H23N2OSe. The van der Waals surface area contributed by atoms with Gasteiger partial charge < -0.3 is 0 Å². The van der Waals surface area contributed by atoms with Gasteiger partial charge in [0, 0.05) is 0 Å². The summed E-state index contributed by atoms with van der Waals surface area (Å²) in [4.78, 5) is 11.3. The van der Waals surface area contributed by atoms with E-state index in [-0.39, 0.29) is 11.9 Å². The minimum absolute atomic E-state index is 0.0395. The molecule has 1 amide bonds. The fourth-order valence-electron chi connectivity index (χ4n) is 1.32. The van der Waals surface area contributed by atoms with Crippen molar-refractivity contribution in [3.05, 3.63) is 0 Å². The number of carbonyl (C=O) groups excluding carboxylic acids is 1. The predicted molar refractivity (Wildman–Crippen MR) is 64.9 cm³/mol. The Bertz CT molecular complexity index is 165. The quantitative estimate of drug-likeness (QED) is 0.494. The number of nitrogens with two attached hydrogens (primary N) is 1. The first-order valence-electron chi connectivity index (χ1n) is 5.83. The van der Waals surface area contributed by atoms with Gasteiger partial charge in [-0.3, -0.25) is 0 Å². The minimum atomic E-state index is -0.384. The second-order valence-electron chi connectivity index (χ2n) is 3.83. The molecule has 0 aromatic rings. The Hall–Kier alpha value is -0.0505. The molecule has 0 heterocycles. The second kappa shape index (κ2) is 10.5. The molecule has 1 atom stereocenters. The van der Waals surface area contributed by atoms with Crippen molar-refractivity contribution in [3.63, 3.8) is 0 Å². The molecule has 4 heteroatoms. The molecule has 3 N–H and O–H groups in total. The van der Waals surface area contributed by atoms with E-state index in [1.54, 1.807) is 0 Å². The predicted octanol–water partition coefficient (Wildman–Crippen LogP) is 1.38. The zero-order valence-electron chi connectivity index (χ0n) is 9.63. The molecule has 0 aliphatic carbocycles. The average Bonchev–Trinajstić information content (AvgIpc) is 2.26. The summed E-state index contributed by atoms with van der Waals surface area (Å²) in [6.45, 7) is 2.97. The maximum absolute atomic E-state index is 11.3. The third-order valence-corrected chi connectivity index (χ3v) is 3.10. The molecule has 3 nitrogen and oxygen atoms in total. The van der Waals surface area contributed by atoms with Crippen LogP contribution in [0.5, 0.6) is 0 Å². The van der Waals surface area contributed by atoms with Crippen molar-refractivity contribution in [2.75, 3.05) is 6.54 Å². The molecular weight excluding hydrogens is 255 g/mol. The van der Waals surface area contributed by atoms with Gasteiger partial charge in [-0.15, -0.1) is 0 Å². The fraction of sp³-hybridized carbons (Fsp3) is 0.909. The van der Waals surface area contributed by atoms with Gasteiger partial charge in [0.25, 0.3) is 0 Å². The number of hydrogen-bond acceptors (Lipinski definition) is 2. The molecule has 15 heavy (non-hydrogen) atoms. The van der Waals surface area contributed by atoms with Gasteiger partial charge in [-0.2, -0.15) is 0 Å². The first-order valence-corrected chi connectivity index (χ1v) is 7.05. The van der Waals surface area contributed by atoms with E-state index < -0.39 is 0 Å². The van der Waals surface area contributed by atoms with Crippen LogP contribution >= 0.6 is 0 Å². The van der Waals surface area contributed by atoms with Crippen LogP contribution in [0.2, 0.25) is 5.32 Å². The second-order valence-corrected chi connectivity index (χ2v) is 4.53. The third-order valence-electron chi connectivity index (χ3n) is 2.35. The van der Waals surface area contributed by atoms with E-state index in [2.05, 4.69) is 28.3 Å². The van der Waals surface area contributed by atoms with Gasteiger partial charge in [-0.25, -0.2) is 0 Å². The zero-order chi connectivity index (χ0) is 11.5. The van der Waals surface area contributed by atoms with Gasteiger partial charge in [-0.1, -0.05) is 0 Å². The Morgan fingerprint density at radius 3 is 2.47 bits per heavy atom. The molecule has 0 aromatic carbocycles. The van der Waals surface area contributed by atoms with Crippen LogP contribution in [0.4, 0.5) is 0 Å². The third kappa shape index (κ3) is 8.91. The van der Waals surface area contributed by atoms with Crippen molar-refractivity contribution in [2.24, 2.45) is 5.73 Å². The van der Waals surface area contributed by atoms with E-state index in [0.717, 1.165) is 13.0 Å². The summed E-state index contributed by atoms with van der Waals surface area (Å²) < 4.78 is 0. The van der Waals surface area contributed by atoms with Gasteiger partial charge in [0.2, 0.25) is 0 Å². The molecule has 0 aliphatic rings. The molecule has 89 valence electrons. The summed E-state index contributed by atoms with van der Waals surface area (Å²) in [5, 5.41) is 3.43. The van der Waals surface area contributed by atoms with Crippen molar-refractivity contribution < 1.29 is 4.79 Å². The van der Waals surface area contributed by atoms with Gasteiger partial charge in [0.15, 0.2) is 0 Å². The summed E-state index contributed by atoms with van der Waals surface area (Å²) in [5.74, 6) is -0.0395. The Kier molecular flexibility index (Phi) is 10.4. The Morgan fingerprint density at radius 1 is 1.27 bits per heavy atom. The van der Waals surface area contributed by atoms with Crippen molar-refractivity contribution in [1.29, 1.82) is 0 Å². The molecule has 0 saturated carbocycles. The molecule has 0 bridgehead atoms. The number of carbonyl (C=O) groups is 1. The molecule has 0 saturated heterocycles. The molecule has 0 spiro atoms. The average molecular weight is 278 g/mol. The Balaban J connectivity index is 3.20. The molecule has 1 radical (unpaired) electrons. The Labute approximate surface area is 101 Å². The maximum atomic E-state index is 11.3. The van der Waals surface area contributed by atoms with Crippen LogP contribution in [0.15, 0.2) is 0 Å². The molecule has 0 rings (SSSR count). The number of nitrogens with one attached hydrogen (secondary N) is 1. The molecule has 0 aromatic heterocycles. The Morgan fingerprint density at radius 2 is 1.87 bits per heavy atom. The normalized spacial score (nSPS) is 12.5. The molecule has 0 fully saturated rings. The molecule has 1 unspecified atom stereocenters. The van der Waals surface area contributed by atoms with Crippen molar-refractivity contribution >= 4 is 21.9 Å². The van der Waals surface area contributed by atoms with Crippen LogP contribution in [-0.2, 0) is 4.79 Å². The number of rotatable bonds is 9. The first-order chi connectivity index (χ1) is 7.22. The van der Waals surface area contributed by atoms with Crippen molar-refractivity contribution in [2.45, 2.75) is 56.8 Å². The van der Waals surface area contributed by atoms with E-state index in [0.29, 0.717) is 5.32 Å². The number of hydrogen-bond donors (Lipinski definition) is 2. The van der Waals surface area contributed by atoms with Crippen LogP contribution in [0, 0.1) is 0 Å². The van der Waals surface area contributed by atoms with E-state index in [1.807, 2.05) is 0 Å². The summed E-state index contributed by atoms with van der Waals surface area (Å²) in [6, 6.07) is -0.384. The van der Waals surface area contributed by atoms with E-state index >= 15 is 0 Å². The van der Waals surface area contributed by atoms with Crippen LogP contribution in [0.25, 0.3) is 0 Å². The summed E-state index contributed by atoms with van der Waals surface area (Å²) >= 11 is 2.76. The van der Waals surface area contributed by atoms with Crippen LogP contribution in [-0.4, -0.2) is 34.5 Å². The number of unbranched alkanes of at least 4 members (excludes halogenated alkanes) is 5. The van der Waals surface area contributed by atoms with E-state index in [9.17, 15) is 4.79 Å². The monoisotopic (exact) mass is 279 g/mol. The van der Waals surface area contributed by atoms with Gasteiger partial charge in [-0.05, 0) is 0 Å². The fourth-order valence-corrected chi connectivity index (χ4v) is 1.64. The van der Waals surface area contributed by atoms with Crippen LogP contribution < -0.4 is 11.1 Å². The first kappa shape index (κ1) is 14.9. The number of amides is 1. The summed E-state index contributed by atoms with van der Waals surface area (Å²) in [6.07, 6.45) is 7.45. The standard InChI is InChI=1S/C11H23N2OSe/c1-2-3-4-5-6-7-8-13-11(14)10(12)9-15/h10H,2-9,12H2,1H3,(H,13,14). The molecule has 0 aliphatic heterocycles. The van der Waals surface area contributed by atoms with E-state index in [4.69, 9.17) is 5.73 Å².